The van der Waals surface area contributed by atoms with Gasteiger partial charge in [0.15, 0.2) is 0 Å². The topological polar surface area (TPSA) is 66.6 Å². The first-order chi connectivity index (χ1) is 11.1. The van der Waals surface area contributed by atoms with Gasteiger partial charge in [-0.3, -0.25) is 9.59 Å². The largest absolute Gasteiger partial charge is 0.340 e. The Hall–Kier alpha value is -1.59. The van der Waals surface area contributed by atoms with Crippen LogP contribution in [0.4, 0.5) is 0 Å². The highest BCUT2D eigenvalue weighted by atomic mass is 35.5. The van der Waals surface area contributed by atoms with Crippen molar-refractivity contribution in [2.45, 2.75) is 31.7 Å². The molecule has 1 aromatic rings. The molecule has 132 valence electrons. The summed E-state index contributed by atoms with van der Waals surface area (Å²) < 4.78 is 0. The molecule has 2 heterocycles. The first-order valence-corrected chi connectivity index (χ1v) is 8.42. The first kappa shape index (κ1) is 18.7. The van der Waals surface area contributed by atoms with Crippen LogP contribution in [-0.2, 0) is 9.59 Å². The standard InChI is InChI=1S/C18H25N3O2.ClH/c1-13(22)21-9-5-8-17(21)18(23)20-11-15(10-19)16(12-20)14-6-3-2-4-7-14;/h2-4,6-7,15-17H,5,8-12,19H2,1H3;1H/t15-,16+,17?;/m1./s1. The Morgan fingerprint density at radius 1 is 1.21 bits per heavy atom. The molecule has 3 rings (SSSR count). The van der Waals surface area contributed by atoms with Gasteiger partial charge in [0.25, 0.3) is 0 Å². The lowest BCUT2D eigenvalue weighted by Gasteiger charge is -2.27. The molecule has 0 radical (unpaired) electrons. The minimum absolute atomic E-state index is 0. The predicted octanol–water partition coefficient (Wildman–Crippen LogP) is 1.62. The van der Waals surface area contributed by atoms with Crippen LogP contribution in [0.5, 0.6) is 0 Å². The molecular weight excluding hydrogens is 326 g/mol. The van der Waals surface area contributed by atoms with E-state index in [2.05, 4.69) is 12.1 Å². The van der Waals surface area contributed by atoms with E-state index in [4.69, 9.17) is 5.73 Å². The number of carbonyl (C=O) groups excluding carboxylic acids is 2. The summed E-state index contributed by atoms with van der Waals surface area (Å²) in [5.41, 5.74) is 7.19. The lowest BCUT2D eigenvalue weighted by molar-refractivity contribution is -0.142. The van der Waals surface area contributed by atoms with Crippen LogP contribution in [0.2, 0.25) is 0 Å². The molecule has 1 unspecified atom stereocenters. The molecule has 2 aliphatic heterocycles. The van der Waals surface area contributed by atoms with Crippen molar-refractivity contribution in [3.8, 4) is 0 Å². The highest BCUT2D eigenvalue weighted by molar-refractivity contribution is 5.87. The van der Waals surface area contributed by atoms with E-state index >= 15 is 0 Å². The van der Waals surface area contributed by atoms with Crippen molar-refractivity contribution in [1.82, 2.24) is 9.80 Å². The minimum atomic E-state index is -0.277. The molecule has 5 nitrogen and oxygen atoms in total. The molecule has 1 aromatic carbocycles. The minimum Gasteiger partial charge on any atom is -0.340 e. The van der Waals surface area contributed by atoms with Crippen molar-refractivity contribution >= 4 is 24.2 Å². The summed E-state index contributed by atoms with van der Waals surface area (Å²) in [5.74, 6) is 0.662. The Morgan fingerprint density at radius 2 is 1.92 bits per heavy atom. The van der Waals surface area contributed by atoms with Gasteiger partial charge in [0.1, 0.15) is 6.04 Å². The Labute approximate surface area is 149 Å². The molecule has 0 spiro atoms. The smallest absolute Gasteiger partial charge is 0.245 e. The number of hydrogen-bond acceptors (Lipinski definition) is 3. The van der Waals surface area contributed by atoms with Crippen molar-refractivity contribution in [2.75, 3.05) is 26.2 Å². The van der Waals surface area contributed by atoms with Crippen molar-refractivity contribution in [1.29, 1.82) is 0 Å². The van der Waals surface area contributed by atoms with Gasteiger partial charge in [-0.15, -0.1) is 12.4 Å². The molecule has 0 saturated carbocycles. The fraction of sp³-hybridized carbons (Fsp3) is 0.556. The molecule has 2 aliphatic rings. The van der Waals surface area contributed by atoms with Crippen LogP contribution >= 0.6 is 12.4 Å². The third-order valence-electron chi connectivity index (χ3n) is 5.23. The number of likely N-dealkylation sites (tertiary alicyclic amines) is 2. The summed E-state index contributed by atoms with van der Waals surface area (Å²) >= 11 is 0. The number of nitrogens with two attached hydrogens (primary N) is 1. The number of amides is 2. The van der Waals surface area contributed by atoms with Gasteiger partial charge in [0, 0.05) is 32.5 Å². The fourth-order valence-corrected chi connectivity index (χ4v) is 3.98. The number of benzene rings is 1. The first-order valence-electron chi connectivity index (χ1n) is 8.42. The van der Waals surface area contributed by atoms with E-state index in [0.29, 0.717) is 26.2 Å². The Morgan fingerprint density at radius 3 is 2.54 bits per heavy atom. The van der Waals surface area contributed by atoms with Crippen LogP contribution in [0.3, 0.4) is 0 Å². The zero-order valence-corrected chi connectivity index (χ0v) is 14.9. The zero-order chi connectivity index (χ0) is 16.4. The van der Waals surface area contributed by atoms with Gasteiger partial charge < -0.3 is 15.5 Å². The summed E-state index contributed by atoms with van der Waals surface area (Å²) in [7, 11) is 0. The molecular formula is C18H26ClN3O2. The van der Waals surface area contributed by atoms with E-state index in [0.717, 1.165) is 12.8 Å². The van der Waals surface area contributed by atoms with Crippen LogP contribution in [0.25, 0.3) is 0 Å². The van der Waals surface area contributed by atoms with Gasteiger partial charge in [-0.2, -0.15) is 0 Å². The summed E-state index contributed by atoms with van der Waals surface area (Å²) in [6, 6.07) is 10.0. The fourth-order valence-electron chi connectivity index (χ4n) is 3.98. The highest BCUT2D eigenvalue weighted by Crippen LogP contribution is 2.33. The molecule has 2 saturated heterocycles. The lowest BCUT2D eigenvalue weighted by Crippen LogP contribution is -2.46. The quantitative estimate of drug-likeness (QED) is 0.899. The van der Waals surface area contributed by atoms with E-state index in [1.54, 1.807) is 11.8 Å². The van der Waals surface area contributed by atoms with Crippen molar-refractivity contribution < 1.29 is 9.59 Å². The van der Waals surface area contributed by atoms with E-state index in [9.17, 15) is 9.59 Å². The average molecular weight is 352 g/mol. The van der Waals surface area contributed by atoms with Gasteiger partial charge in [-0.25, -0.2) is 0 Å². The van der Waals surface area contributed by atoms with Gasteiger partial charge in [-0.05, 0) is 30.9 Å². The number of halogens is 1. The molecule has 0 bridgehead atoms. The molecule has 0 aromatic heterocycles. The molecule has 2 amide bonds. The van der Waals surface area contributed by atoms with Gasteiger partial charge >= 0.3 is 0 Å². The van der Waals surface area contributed by atoms with Crippen molar-refractivity contribution in [3.05, 3.63) is 35.9 Å². The summed E-state index contributed by atoms with van der Waals surface area (Å²) in [6.07, 6.45) is 1.68. The molecule has 0 aliphatic carbocycles. The van der Waals surface area contributed by atoms with Gasteiger partial charge in [0.2, 0.25) is 11.8 Å². The summed E-state index contributed by atoms with van der Waals surface area (Å²) in [5, 5.41) is 0. The lowest BCUT2D eigenvalue weighted by atomic mass is 9.89. The van der Waals surface area contributed by atoms with Crippen molar-refractivity contribution in [2.24, 2.45) is 11.7 Å². The molecule has 3 atom stereocenters. The van der Waals surface area contributed by atoms with E-state index in [1.165, 1.54) is 5.56 Å². The zero-order valence-electron chi connectivity index (χ0n) is 14.1. The predicted molar refractivity (Wildman–Crippen MR) is 96.0 cm³/mol. The van der Waals surface area contributed by atoms with Crippen LogP contribution in [0.15, 0.2) is 30.3 Å². The molecule has 6 heteroatoms. The highest BCUT2D eigenvalue weighted by Gasteiger charge is 2.41. The Kier molecular flexibility index (Phi) is 6.24. The number of hydrogen-bond donors (Lipinski definition) is 1. The van der Waals surface area contributed by atoms with Gasteiger partial charge in [-0.1, -0.05) is 30.3 Å². The molecule has 2 N–H and O–H groups in total. The second kappa shape index (κ2) is 7.99. The molecule has 2 fully saturated rings. The maximum atomic E-state index is 12.9. The van der Waals surface area contributed by atoms with Crippen LogP contribution < -0.4 is 5.73 Å². The third kappa shape index (κ3) is 3.57. The third-order valence-corrected chi connectivity index (χ3v) is 5.23. The van der Waals surface area contributed by atoms with Crippen molar-refractivity contribution in [3.63, 3.8) is 0 Å². The number of carbonyl (C=O) groups is 2. The normalized spacial score (nSPS) is 26.3. The van der Waals surface area contributed by atoms with Gasteiger partial charge in [0.05, 0.1) is 0 Å². The second-order valence-corrected chi connectivity index (χ2v) is 6.63. The average Bonchev–Trinajstić information content (AvgIpc) is 3.22. The number of rotatable bonds is 3. The van der Waals surface area contributed by atoms with Crippen LogP contribution in [0, 0.1) is 5.92 Å². The molecule has 24 heavy (non-hydrogen) atoms. The monoisotopic (exact) mass is 351 g/mol. The summed E-state index contributed by atoms with van der Waals surface area (Å²) in [6.45, 7) is 4.21. The van der Waals surface area contributed by atoms with E-state index in [-0.39, 0.29) is 42.1 Å². The van der Waals surface area contributed by atoms with E-state index in [1.807, 2.05) is 23.1 Å². The Bertz CT molecular complexity index is 581. The maximum Gasteiger partial charge on any atom is 0.245 e. The SMILES string of the molecule is CC(=O)N1CCCC1C(=O)N1C[C@@H](CN)[C@H](c2ccccc2)C1.Cl. The van der Waals surface area contributed by atoms with Crippen LogP contribution in [0.1, 0.15) is 31.2 Å². The number of nitrogens with zero attached hydrogens (tertiary/aromatic N) is 2. The Balaban J connectivity index is 0.00000208. The van der Waals surface area contributed by atoms with E-state index < -0.39 is 0 Å². The summed E-state index contributed by atoms with van der Waals surface area (Å²) in [4.78, 5) is 28.2. The maximum absolute atomic E-state index is 12.9. The van der Waals surface area contributed by atoms with Crippen LogP contribution in [-0.4, -0.2) is 53.8 Å². The second-order valence-electron chi connectivity index (χ2n) is 6.63.